The van der Waals surface area contributed by atoms with Crippen LogP contribution in [-0.4, -0.2) is 62.9 Å². The van der Waals surface area contributed by atoms with Crippen molar-refractivity contribution in [3.8, 4) is 5.75 Å². The summed E-state index contributed by atoms with van der Waals surface area (Å²) in [6.45, 7) is 3.60. The average molecular weight is 540 g/mol. The van der Waals surface area contributed by atoms with Crippen LogP contribution in [0.15, 0.2) is 48.5 Å². The molecule has 0 heterocycles. The summed E-state index contributed by atoms with van der Waals surface area (Å²) in [6.07, 6.45) is 3.08. The molecule has 2 aromatic rings. The molecular weight excluding hydrogens is 502 g/mol. The Morgan fingerprint density at radius 3 is 2.37 bits per heavy atom. The average Bonchev–Trinajstić information content (AvgIpc) is 3.63. The molecule has 4 rings (SSSR count). The van der Waals surface area contributed by atoms with E-state index in [4.69, 9.17) is 0 Å². The number of phenols is 1. The third kappa shape index (κ3) is 6.15. The standard InChI is InChI=1S/C29H37N3O5S/c1-18-21(12-7-13-23(18)33)26(35)31-22(16-19-8-4-3-5-9-19)24(34)28(37)32(17-38)25(29(2)14-15-29)27(36)30-20-10-6-11-20/h3-5,7-9,12-13,20,22,24-25,33-34,38H,6,10-11,14-17H2,1-2H3,(H,30,36)(H,31,35)/t22-,24-,25+/m0/s1. The number of carbonyl (C=O) groups is 3. The molecule has 0 aliphatic heterocycles. The number of nitrogens with one attached hydrogen (secondary N) is 2. The lowest BCUT2D eigenvalue weighted by atomic mass is 9.90. The number of benzene rings is 2. The largest absolute Gasteiger partial charge is 0.508 e. The van der Waals surface area contributed by atoms with Crippen LogP contribution < -0.4 is 10.6 Å². The van der Waals surface area contributed by atoms with E-state index < -0.39 is 30.0 Å². The predicted octanol–water partition coefficient (Wildman–Crippen LogP) is 2.96. The van der Waals surface area contributed by atoms with Crippen LogP contribution >= 0.6 is 12.6 Å². The summed E-state index contributed by atoms with van der Waals surface area (Å²) in [7, 11) is 0. The van der Waals surface area contributed by atoms with E-state index in [1.807, 2.05) is 37.3 Å². The van der Waals surface area contributed by atoms with E-state index in [9.17, 15) is 24.6 Å². The number of aliphatic hydroxyl groups excluding tert-OH is 1. The minimum Gasteiger partial charge on any atom is -0.508 e. The number of amides is 3. The van der Waals surface area contributed by atoms with Crippen molar-refractivity contribution in [1.82, 2.24) is 15.5 Å². The first kappa shape index (κ1) is 28.0. The van der Waals surface area contributed by atoms with E-state index in [-0.39, 0.29) is 41.0 Å². The molecule has 0 radical (unpaired) electrons. The Hall–Kier alpha value is -3.04. The number of aromatic hydroxyl groups is 1. The van der Waals surface area contributed by atoms with E-state index in [0.717, 1.165) is 37.7 Å². The molecule has 38 heavy (non-hydrogen) atoms. The SMILES string of the molecule is Cc1c(O)cccc1C(=O)N[C@@H](Cc1ccccc1)[C@H](O)C(=O)N(CS)[C@H](C(=O)NC1CCC1)C1(C)CC1. The Morgan fingerprint density at radius 2 is 1.79 bits per heavy atom. The highest BCUT2D eigenvalue weighted by molar-refractivity contribution is 7.80. The van der Waals surface area contributed by atoms with Crippen LogP contribution in [0.4, 0.5) is 0 Å². The second-order valence-electron chi connectivity index (χ2n) is 10.8. The summed E-state index contributed by atoms with van der Waals surface area (Å²) in [5.74, 6) is -1.46. The molecule has 0 spiro atoms. The molecule has 0 bridgehead atoms. The van der Waals surface area contributed by atoms with Gasteiger partial charge in [-0.1, -0.05) is 43.3 Å². The van der Waals surface area contributed by atoms with Crippen molar-refractivity contribution in [2.75, 3.05) is 5.88 Å². The number of phenolic OH excluding ortho intramolecular Hbond substituents is 1. The molecule has 2 aromatic carbocycles. The summed E-state index contributed by atoms with van der Waals surface area (Å²) in [6, 6.07) is 12.3. The predicted molar refractivity (Wildman–Crippen MR) is 148 cm³/mol. The van der Waals surface area contributed by atoms with Crippen molar-refractivity contribution in [3.05, 3.63) is 65.2 Å². The van der Waals surface area contributed by atoms with Gasteiger partial charge in [0.05, 0.1) is 11.9 Å². The van der Waals surface area contributed by atoms with Crippen LogP contribution in [0, 0.1) is 12.3 Å². The van der Waals surface area contributed by atoms with Crippen molar-refractivity contribution >= 4 is 30.4 Å². The Labute approximate surface area is 229 Å². The summed E-state index contributed by atoms with van der Waals surface area (Å²) in [5.41, 5.74) is 1.08. The zero-order valence-corrected chi connectivity index (χ0v) is 22.8. The monoisotopic (exact) mass is 539 g/mol. The van der Waals surface area contributed by atoms with Gasteiger partial charge in [-0.2, -0.15) is 12.6 Å². The molecule has 3 atom stereocenters. The van der Waals surface area contributed by atoms with E-state index >= 15 is 0 Å². The Kier molecular flexibility index (Phi) is 8.67. The molecule has 2 saturated carbocycles. The Balaban J connectivity index is 1.59. The maximum absolute atomic E-state index is 13.8. The van der Waals surface area contributed by atoms with E-state index in [0.29, 0.717) is 5.56 Å². The molecule has 0 saturated heterocycles. The van der Waals surface area contributed by atoms with Gasteiger partial charge in [0.25, 0.3) is 11.8 Å². The molecular formula is C29H37N3O5S. The van der Waals surface area contributed by atoms with Gasteiger partial charge in [-0.15, -0.1) is 0 Å². The van der Waals surface area contributed by atoms with Crippen LogP contribution in [-0.2, 0) is 16.0 Å². The van der Waals surface area contributed by atoms with Gasteiger partial charge in [-0.3, -0.25) is 14.4 Å². The van der Waals surface area contributed by atoms with Crippen LogP contribution in [0.3, 0.4) is 0 Å². The zero-order chi connectivity index (χ0) is 27.4. The van der Waals surface area contributed by atoms with Crippen LogP contribution in [0.25, 0.3) is 0 Å². The summed E-state index contributed by atoms with van der Waals surface area (Å²) in [4.78, 5) is 41.7. The van der Waals surface area contributed by atoms with Gasteiger partial charge in [-0.05, 0) is 68.6 Å². The van der Waals surface area contributed by atoms with Crippen molar-refractivity contribution in [3.63, 3.8) is 0 Å². The van der Waals surface area contributed by atoms with Gasteiger partial charge in [0.1, 0.15) is 11.8 Å². The summed E-state index contributed by atoms with van der Waals surface area (Å²) >= 11 is 4.39. The van der Waals surface area contributed by atoms with E-state index in [1.165, 1.54) is 11.0 Å². The number of thiol groups is 1. The number of aliphatic hydroxyl groups is 1. The molecule has 4 N–H and O–H groups in total. The van der Waals surface area contributed by atoms with Gasteiger partial charge in [0, 0.05) is 17.2 Å². The Morgan fingerprint density at radius 1 is 1.11 bits per heavy atom. The summed E-state index contributed by atoms with van der Waals surface area (Å²) < 4.78 is 0. The first-order chi connectivity index (χ1) is 18.1. The van der Waals surface area contributed by atoms with Gasteiger partial charge in [-0.25, -0.2) is 0 Å². The molecule has 8 nitrogen and oxygen atoms in total. The van der Waals surface area contributed by atoms with Crippen molar-refractivity contribution in [2.45, 2.75) is 76.6 Å². The third-order valence-corrected chi connectivity index (χ3v) is 8.25. The van der Waals surface area contributed by atoms with Gasteiger partial charge in [0.2, 0.25) is 5.91 Å². The molecule has 2 fully saturated rings. The van der Waals surface area contributed by atoms with Crippen LogP contribution in [0.1, 0.15) is 60.5 Å². The topological polar surface area (TPSA) is 119 Å². The second kappa shape index (κ2) is 11.8. The molecule has 0 aromatic heterocycles. The number of hydrogen-bond acceptors (Lipinski definition) is 6. The first-order valence-corrected chi connectivity index (χ1v) is 13.8. The fourth-order valence-corrected chi connectivity index (χ4v) is 5.29. The minimum atomic E-state index is -1.62. The molecule has 204 valence electrons. The molecule has 3 amide bonds. The van der Waals surface area contributed by atoms with Crippen LogP contribution in [0.5, 0.6) is 5.75 Å². The zero-order valence-electron chi connectivity index (χ0n) is 21.9. The number of carbonyl (C=O) groups excluding carboxylic acids is 3. The highest BCUT2D eigenvalue weighted by atomic mass is 32.1. The van der Waals surface area contributed by atoms with Gasteiger partial charge >= 0.3 is 0 Å². The minimum absolute atomic E-state index is 0.0203. The number of nitrogens with zero attached hydrogens (tertiary/aromatic N) is 1. The normalized spacial score (nSPS) is 18.4. The van der Waals surface area contributed by atoms with Crippen LogP contribution in [0.2, 0.25) is 0 Å². The fraction of sp³-hybridized carbons (Fsp3) is 0.483. The lowest BCUT2D eigenvalue weighted by molar-refractivity contribution is -0.149. The summed E-state index contributed by atoms with van der Waals surface area (Å²) in [5, 5.41) is 27.3. The van der Waals surface area contributed by atoms with Crippen molar-refractivity contribution in [2.24, 2.45) is 5.41 Å². The lowest BCUT2D eigenvalue weighted by Gasteiger charge is -2.38. The maximum Gasteiger partial charge on any atom is 0.254 e. The van der Waals surface area contributed by atoms with E-state index in [2.05, 4.69) is 23.3 Å². The number of rotatable bonds is 11. The smallest absolute Gasteiger partial charge is 0.254 e. The van der Waals surface area contributed by atoms with Gasteiger partial charge < -0.3 is 25.7 Å². The van der Waals surface area contributed by atoms with Crippen molar-refractivity contribution < 1.29 is 24.6 Å². The second-order valence-corrected chi connectivity index (χ2v) is 11.1. The lowest BCUT2D eigenvalue weighted by Crippen LogP contribution is -2.60. The van der Waals surface area contributed by atoms with Crippen molar-refractivity contribution in [1.29, 1.82) is 0 Å². The molecule has 0 unspecified atom stereocenters. The highest BCUT2D eigenvalue weighted by Crippen LogP contribution is 2.50. The quantitative estimate of drug-likeness (QED) is 0.222. The Bertz CT molecular complexity index is 1170. The fourth-order valence-electron chi connectivity index (χ4n) is 4.98. The number of hydrogen-bond donors (Lipinski definition) is 5. The maximum atomic E-state index is 13.8. The molecule has 2 aliphatic carbocycles. The third-order valence-electron chi connectivity index (χ3n) is 7.94. The molecule has 9 heteroatoms. The first-order valence-electron chi connectivity index (χ1n) is 13.2. The van der Waals surface area contributed by atoms with Gasteiger partial charge in [0.15, 0.2) is 6.10 Å². The van der Waals surface area contributed by atoms with E-state index in [1.54, 1.807) is 19.1 Å². The molecule has 2 aliphatic rings. The highest BCUT2D eigenvalue weighted by Gasteiger charge is 2.53.